The van der Waals surface area contributed by atoms with Crippen LogP contribution in [0, 0.1) is 5.92 Å². The summed E-state index contributed by atoms with van der Waals surface area (Å²) in [6, 6.07) is 0. The van der Waals surface area contributed by atoms with Crippen LogP contribution in [-0.2, 0) is 14.0 Å². The van der Waals surface area contributed by atoms with Crippen LogP contribution in [0.2, 0.25) is 19.6 Å². The van der Waals surface area contributed by atoms with Crippen LogP contribution in [0.1, 0.15) is 19.8 Å². The van der Waals surface area contributed by atoms with Gasteiger partial charge in [0.1, 0.15) is 0 Å². The summed E-state index contributed by atoms with van der Waals surface area (Å²) in [5.74, 6) is -0.230. The lowest BCUT2D eigenvalue weighted by atomic mass is 9.92. The summed E-state index contributed by atoms with van der Waals surface area (Å²) in [7, 11) is -1.61. The van der Waals surface area contributed by atoms with Crippen molar-refractivity contribution < 1.29 is 14.0 Å². The molecule has 0 aromatic carbocycles. The molecule has 0 amide bonds. The van der Waals surface area contributed by atoms with Crippen molar-refractivity contribution in [2.45, 2.75) is 45.5 Å². The van der Waals surface area contributed by atoms with Gasteiger partial charge in [-0.05, 0) is 39.4 Å². The van der Waals surface area contributed by atoms with Crippen molar-refractivity contribution in [1.29, 1.82) is 0 Å². The van der Waals surface area contributed by atoms with Crippen molar-refractivity contribution in [2.75, 3.05) is 6.61 Å². The highest BCUT2D eigenvalue weighted by atomic mass is 28.4. The molecule has 0 fully saturated rings. The number of rotatable bonds is 4. The normalized spacial score (nSPS) is 25.5. The van der Waals surface area contributed by atoms with Gasteiger partial charge in [-0.2, -0.15) is 0 Å². The first kappa shape index (κ1) is 13.5. The molecule has 0 aliphatic heterocycles. The van der Waals surface area contributed by atoms with Crippen molar-refractivity contribution in [1.82, 2.24) is 0 Å². The first-order valence-corrected chi connectivity index (χ1v) is 9.36. The van der Waals surface area contributed by atoms with Gasteiger partial charge in [-0.3, -0.25) is 4.79 Å². The van der Waals surface area contributed by atoms with E-state index in [0.29, 0.717) is 6.61 Å². The maximum atomic E-state index is 11.8. The third-order valence-corrected chi connectivity index (χ3v) is 3.42. The number of hydrogen-bond donors (Lipinski definition) is 0. The van der Waals surface area contributed by atoms with E-state index >= 15 is 0 Å². The van der Waals surface area contributed by atoms with Gasteiger partial charge in [0.2, 0.25) is 0 Å². The molecule has 1 aliphatic rings. The molecule has 0 spiro atoms. The summed E-state index contributed by atoms with van der Waals surface area (Å²) in [5, 5.41) is 0. The van der Waals surface area contributed by atoms with Gasteiger partial charge in [-0.25, -0.2) is 0 Å². The van der Waals surface area contributed by atoms with E-state index in [2.05, 4.69) is 25.7 Å². The minimum Gasteiger partial charge on any atom is -0.466 e. The first-order valence-electron chi connectivity index (χ1n) is 5.95. The Morgan fingerprint density at radius 1 is 1.44 bits per heavy atom. The Morgan fingerprint density at radius 3 is 2.69 bits per heavy atom. The lowest BCUT2D eigenvalue weighted by Gasteiger charge is -2.31. The third kappa shape index (κ3) is 4.10. The van der Waals surface area contributed by atoms with E-state index in [0.717, 1.165) is 12.8 Å². The Hall–Kier alpha value is -0.613. The Bertz CT molecular complexity index is 268. The van der Waals surface area contributed by atoms with E-state index in [4.69, 9.17) is 9.16 Å². The molecule has 16 heavy (non-hydrogen) atoms. The summed E-state index contributed by atoms with van der Waals surface area (Å²) >= 11 is 0. The molecule has 92 valence electrons. The second kappa shape index (κ2) is 5.64. The summed E-state index contributed by atoms with van der Waals surface area (Å²) in [5.41, 5.74) is 0. The summed E-state index contributed by atoms with van der Waals surface area (Å²) in [6.45, 7) is 8.69. The molecule has 0 aromatic rings. The minimum absolute atomic E-state index is 0.0838. The molecule has 2 atom stereocenters. The Labute approximate surface area is 99.0 Å². The first-order chi connectivity index (χ1) is 7.44. The lowest BCUT2D eigenvalue weighted by molar-refractivity contribution is -0.151. The zero-order chi connectivity index (χ0) is 12.2. The van der Waals surface area contributed by atoms with Gasteiger partial charge in [0.25, 0.3) is 0 Å². The molecule has 4 heteroatoms. The molecule has 0 aromatic heterocycles. The highest BCUT2D eigenvalue weighted by Gasteiger charge is 2.33. The zero-order valence-electron chi connectivity index (χ0n) is 10.7. The average Bonchev–Trinajstić information content (AvgIpc) is 2.16. The molecule has 2 unspecified atom stereocenters. The maximum absolute atomic E-state index is 11.8. The zero-order valence-corrected chi connectivity index (χ0v) is 11.7. The SMILES string of the molecule is CCOC(=O)C1CCC=CC1O[Si](C)(C)C. The van der Waals surface area contributed by atoms with Crippen LogP contribution in [0.25, 0.3) is 0 Å². The van der Waals surface area contributed by atoms with E-state index in [1.165, 1.54) is 0 Å². The van der Waals surface area contributed by atoms with Crippen molar-refractivity contribution in [2.24, 2.45) is 5.92 Å². The summed E-state index contributed by atoms with van der Waals surface area (Å²) < 4.78 is 11.1. The quantitative estimate of drug-likeness (QED) is 0.432. The number of allylic oxidation sites excluding steroid dienone is 1. The number of ether oxygens (including phenoxy) is 1. The smallest absolute Gasteiger partial charge is 0.311 e. The Morgan fingerprint density at radius 2 is 2.12 bits per heavy atom. The molecule has 1 rings (SSSR count). The molecule has 0 saturated carbocycles. The van der Waals surface area contributed by atoms with Gasteiger partial charge >= 0.3 is 5.97 Å². The molecule has 0 N–H and O–H groups in total. The van der Waals surface area contributed by atoms with Crippen molar-refractivity contribution in [3.05, 3.63) is 12.2 Å². The average molecular weight is 242 g/mol. The molecule has 0 bridgehead atoms. The van der Waals surface area contributed by atoms with E-state index in [-0.39, 0.29) is 18.0 Å². The van der Waals surface area contributed by atoms with Crippen molar-refractivity contribution in [3.8, 4) is 0 Å². The largest absolute Gasteiger partial charge is 0.466 e. The van der Waals surface area contributed by atoms with Crippen LogP contribution in [0.5, 0.6) is 0 Å². The molecule has 1 aliphatic carbocycles. The fourth-order valence-corrected chi connectivity index (χ4v) is 2.89. The standard InChI is InChI=1S/C12H22O3Si/c1-5-14-12(13)10-8-6-7-9-11(10)15-16(2,3)4/h7,9-11H,5-6,8H2,1-4H3. The van der Waals surface area contributed by atoms with Gasteiger partial charge < -0.3 is 9.16 Å². The molecule has 3 nitrogen and oxygen atoms in total. The predicted octanol–water partition coefficient (Wildman–Crippen LogP) is 2.74. The second-order valence-corrected chi connectivity index (χ2v) is 9.52. The van der Waals surface area contributed by atoms with E-state index in [9.17, 15) is 4.79 Å². The van der Waals surface area contributed by atoms with Gasteiger partial charge in [0.15, 0.2) is 8.32 Å². The number of carbonyl (C=O) groups is 1. The monoisotopic (exact) mass is 242 g/mol. The Balaban J connectivity index is 2.67. The Kier molecular flexibility index (Phi) is 4.74. The minimum atomic E-state index is -1.61. The van der Waals surface area contributed by atoms with Crippen LogP contribution >= 0.6 is 0 Å². The van der Waals surface area contributed by atoms with Crippen LogP contribution in [0.4, 0.5) is 0 Å². The summed E-state index contributed by atoms with van der Waals surface area (Å²) in [4.78, 5) is 11.8. The van der Waals surface area contributed by atoms with Crippen LogP contribution in [0.15, 0.2) is 12.2 Å². The van der Waals surface area contributed by atoms with Gasteiger partial charge in [-0.15, -0.1) is 0 Å². The topological polar surface area (TPSA) is 35.5 Å². The van der Waals surface area contributed by atoms with E-state index in [1.807, 2.05) is 13.0 Å². The highest BCUT2D eigenvalue weighted by Crippen LogP contribution is 2.25. The molecular weight excluding hydrogens is 220 g/mol. The molecular formula is C12H22O3Si. The number of esters is 1. The predicted molar refractivity (Wildman–Crippen MR) is 66.7 cm³/mol. The highest BCUT2D eigenvalue weighted by molar-refractivity contribution is 6.69. The number of hydrogen-bond acceptors (Lipinski definition) is 3. The van der Waals surface area contributed by atoms with Crippen LogP contribution in [-0.4, -0.2) is 27.0 Å². The lowest BCUT2D eigenvalue weighted by Crippen LogP contribution is -2.40. The van der Waals surface area contributed by atoms with Crippen LogP contribution < -0.4 is 0 Å². The van der Waals surface area contributed by atoms with Gasteiger partial charge in [0.05, 0.1) is 18.6 Å². The van der Waals surface area contributed by atoms with Gasteiger partial charge in [-0.1, -0.05) is 12.2 Å². The second-order valence-electron chi connectivity index (χ2n) is 5.06. The van der Waals surface area contributed by atoms with Crippen molar-refractivity contribution >= 4 is 14.3 Å². The third-order valence-electron chi connectivity index (χ3n) is 2.45. The molecule has 0 radical (unpaired) electrons. The van der Waals surface area contributed by atoms with E-state index < -0.39 is 8.32 Å². The van der Waals surface area contributed by atoms with Crippen molar-refractivity contribution in [3.63, 3.8) is 0 Å². The summed E-state index contributed by atoms with van der Waals surface area (Å²) in [6.07, 6.45) is 5.81. The van der Waals surface area contributed by atoms with Crippen LogP contribution in [0.3, 0.4) is 0 Å². The maximum Gasteiger partial charge on any atom is 0.311 e. The fourth-order valence-electron chi connectivity index (χ4n) is 1.84. The van der Waals surface area contributed by atoms with E-state index in [1.54, 1.807) is 0 Å². The van der Waals surface area contributed by atoms with Gasteiger partial charge in [0, 0.05) is 0 Å². The molecule has 0 heterocycles. The number of carbonyl (C=O) groups excluding carboxylic acids is 1. The molecule has 0 saturated heterocycles. The fraction of sp³-hybridized carbons (Fsp3) is 0.750.